The van der Waals surface area contributed by atoms with E-state index in [0.717, 1.165) is 5.92 Å². The van der Waals surface area contributed by atoms with Crippen molar-refractivity contribution in [3.63, 3.8) is 0 Å². The number of hydrogen-bond acceptors (Lipinski definition) is 0. The minimum Gasteiger partial charge on any atom is -0.0608 e. The lowest BCUT2D eigenvalue weighted by atomic mass is 9.70. The van der Waals surface area contributed by atoms with E-state index in [2.05, 4.69) is 41.1 Å². The fraction of sp³-hybridized carbons (Fsp3) is 0.600. The second kappa shape index (κ2) is 3.87. The smallest absolute Gasteiger partial charge is 0.0215 e. The van der Waals surface area contributed by atoms with Crippen LogP contribution >= 0.6 is 15.9 Å². The van der Waals surface area contributed by atoms with Gasteiger partial charge in [0.2, 0.25) is 0 Å². The van der Waals surface area contributed by atoms with E-state index < -0.39 is 0 Å². The minimum absolute atomic E-state index is 0.521. The van der Waals surface area contributed by atoms with Gasteiger partial charge in [-0.05, 0) is 47.8 Å². The molecule has 1 aromatic rings. The molecule has 1 unspecified atom stereocenters. The van der Waals surface area contributed by atoms with Crippen LogP contribution in [-0.4, -0.2) is 0 Å². The van der Waals surface area contributed by atoms with Crippen molar-refractivity contribution in [3.8, 4) is 0 Å². The molecule has 0 radical (unpaired) electrons. The first-order chi connectivity index (χ1) is 7.73. The van der Waals surface area contributed by atoms with Crippen molar-refractivity contribution in [2.45, 2.75) is 56.8 Å². The lowest BCUT2D eigenvalue weighted by Crippen LogP contribution is -2.26. The maximum atomic E-state index is 3.79. The van der Waals surface area contributed by atoms with Gasteiger partial charge in [-0.3, -0.25) is 0 Å². The molecular weight excluding hydrogens is 260 g/mol. The third-order valence-electron chi connectivity index (χ3n) is 4.61. The zero-order valence-corrected chi connectivity index (χ0v) is 11.5. The number of benzene rings is 1. The summed E-state index contributed by atoms with van der Waals surface area (Å²) in [5, 5.41) is 0. The molecule has 0 saturated heterocycles. The van der Waals surface area contributed by atoms with Gasteiger partial charge in [0.05, 0.1) is 0 Å². The first-order valence-corrected chi connectivity index (χ1v) is 7.31. The van der Waals surface area contributed by atoms with Gasteiger partial charge in [0.25, 0.3) is 0 Å². The Balaban J connectivity index is 2.13. The molecule has 16 heavy (non-hydrogen) atoms. The molecule has 1 spiro atoms. The standard InChI is InChI=1S/C15H19Br/c1-11-10-15(8-3-2-4-9-15)14-12(11)6-5-7-13(14)16/h5-7,11H,2-4,8-10H2,1H3. The maximum Gasteiger partial charge on any atom is 0.0215 e. The highest BCUT2D eigenvalue weighted by Gasteiger charge is 2.43. The number of halogens is 1. The van der Waals surface area contributed by atoms with Crippen LogP contribution < -0.4 is 0 Å². The molecule has 0 bridgehead atoms. The van der Waals surface area contributed by atoms with Crippen molar-refractivity contribution >= 4 is 15.9 Å². The summed E-state index contributed by atoms with van der Waals surface area (Å²) < 4.78 is 1.36. The van der Waals surface area contributed by atoms with E-state index in [1.165, 1.54) is 43.0 Å². The fourth-order valence-electron chi connectivity index (χ4n) is 3.99. The lowest BCUT2D eigenvalue weighted by Gasteiger charge is -2.35. The lowest BCUT2D eigenvalue weighted by molar-refractivity contribution is 0.282. The third kappa shape index (κ3) is 1.48. The van der Waals surface area contributed by atoms with Crippen molar-refractivity contribution in [2.24, 2.45) is 0 Å². The zero-order valence-electron chi connectivity index (χ0n) is 9.93. The Morgan fingerprint density at radius 3 is 2.69 bits per heavy atom. The predicted molar refractivity (Wildman–Crippen MR) is 71.9 cm³/mol. The van der Waals surface area contributed by atoms with Crippen LogP contribution in [0.15, 0.2) is 22.7 Å². The summed E-state index contributed by atoms with van der Waals surface area (Å²) in [6.07, 6.45) is 8.49. The average Bonchev–Trinajstić information content (AvgIpc) is 2.55. The van der Waals surface area contributed by atoms with Crippen molar-refractivity contribution in [1.29, 1.82) is 0 Å². The molecule has 0 aliphatic heterocycles. The van der Waals surface area contributed by atoms with Gasteiger partial charge in [-0.1, -0.05) is 54.2 Å². The molecule has 0 heterocycles. The summed E-state index contributed by atoms with van der Waals surface area (Å²) in [5.41, 5.74) is 3.78. The second-order valence-electron chi connectivity index (χ2n) is 5.65. The molecule has 1 heteroatoms. The Bertz CT molecular complexity index is 402. The van der Waals surface area contributed by atoms with E-state index in [1.807, 2.05) is 0 Å². The quantitative estimate of drug-likeness (QED) is 0.615. The van der Waals surface area contributed by atoms with Crippen LogP contribution in [-0.2, 0) is 5.41 Å². The van der Waals surface area contributed by atoms with Gasteiger partial charge in [-0.15, -0.1) is 0 Å². The SMILES string of the molecule is CC1CC2(CCCCC2)c2c(Br)cccc21. The average molecular weight is 279 g/mol. The Morgan fingerprint density at radius 1 is 1.19 bits per heavy atom. The zero-order chi connectivity index (χ0) is 11.2. The Morgan fingerprint density at radius 2 is 1.94 bits per heavy atom. The number of rotatable bonds is 0. The summed E-state index contributed by atoms with van der Waals surface area (Å²) >= 11 is 3.79. The molecule has 1 aromatic carbocycles. The van der Waals surface area contributed by atoms with Gasteiger partial charge in [0.15, 0.2) is 0 Å². The van der Waals surface area contributed by atoms with Gasteiger partial charge >= 0.3 is 0 Å². The monoisotopic (exact) mass is 278 g/mol. The molecule has 2 aliphatic rings. The van der Waals surface area contributed by atoms with Crippen molar-refractivity contribution in [2.75, 3.05) is 0 Å². The van der Waals surface area contributed by atoms with Crippen LogP contribution in [0, 0.1) is 0 Å². The molecule has 1 saturated carbocycles. The number of hydrogen-bond donors (Lipinski definition) is 0. The van der Waals surface area contributed by atoms with E-state index in [0.29, 0.717) is 5.41 Å². The van der Waals surface area contributed by atoms with Crippen LogP contribution in [0.1, 0.15) is 62.5 Å². The van der Waals surface area contributed by atoms with E-state index in [-0.39, 0.29) is 0 Å². The predicted octanol–water partition coefficient (Wildman–Crippen LogP) is 5.16. The molecule has 0 amide bonds. The largest absolute Gasteiger partial charge is 0.0608 e. The van der Waals surface area contributed by atoms with E-state index >= 15 is 0 Å². The van der Waals surface area contributed by atoms with Gasteiger partial charge in [-0.25, -0.2) is 0 Å². The molecule has 3 rings (SSSR count). The van der Waals surface area contributed by atoms with Crippen molar-refractivity contribution < 1.29 is 0 Å². The topological polar surface area (TPSA) is 0 Å². The van der Waals surface area contributed by atoms with E-state index in [9.17, 15) is 0 Å². The van der Waals surface area contributed by atoms with Gasteiger partial charge in [0, 0.05) is 4.47 Å². The van der Waals surface area contributed by atoms with Crippen LogP contribution in [0.5, 0.6) is 0 Å². The molecule has 0 aromatic heterocycles. The highest BCUT2D eigenvalue weighted by molar-refractivity contribution is 9.10. The van der Waals surface area contributed by atoms with Crippen molar-refractivity contribution in [3.05, 3.63) is 33.8 Å². The van der Waals surface area contributed by atoms with Crippen LogP contribution in [0.2, 0.25) is 0 Å². The molecule has 2 aliphatic carbocycles. The minimum atomic E-state index is 0.521. The molecule has 86 valence electrons. The first kappa shape index (κ1) is 10.8. The van der Waals surface area contributed by atoms with E-state index in [1.54, 1.807) is 11.1 Å². The molecular formula is C15H19Br. The highest BCUT2D eigenvalue weighted by atomic mass is 79.9. The van der Waals surface area contributed by atoms with Crippen LogP contribution in [0.3, 0.4) is 0 Å². The normalized spacial score (nSPS) is 27.0. The van der Waals surface area contributed by atoms with E-state index in [4.69, 9.17) is 0 Å². The molecule has 1 fully saturated rings. The molecule has 1 atom stereocenters. The van der Waals surface area contributed by atoms with Crippen LogP contribution in [0.4, 0.5) is 0 Å². The molecule has 0 N–H and O–H groups in total. The highest BCUT2D eigenvalue weighted by Crippen LogP contribution is 2.55. The summed E-state index contributed by atoms with van der Waals surface area (Å²) in [6, 6.07) is 6.77. The van der Waals surface area contributed by atoms with Crippen molar-refractivity contribution in [1.82, 2.24) is 0 Å². The number of fused-ring (bicyclic) bond motifs is 2. The second-order valence-corrected chi connectivity index (χ2v) is 6.50. The summed E-state index contributed by atoms with van der Waals surface area (Å²) in [7, 11) is 0. The van der Waals surface area contributed by atoms with Gasteiger partial charge in [0.1, 0.15) is 0 Å². The fourth-order valence-corrected chi connectivity index (χ4v) is 4.79. The first-order valence-electron chi connectivity index (χ1n) is 6.52. The maximum absolute atomic E-state index is 3.79. The molecule has 0 nitrogen and oxygen atoms in total. The Labute approximate surface area is 107 Å². The van der Waals surface area contributed by atoms with Gasteiger partial charge < -0.3 is 0 Å². The summed E-state index contributed by atoms with van der Waals surface area (Å²) in [4.78, 5) is 0. The summed E-state index contributed by atoms with van der Waals surface area (Å²) in [6.45, 7) is 2.40. The Kier molecular flexibility index (Phi) is 2.62. The van der Waals surface area contributed by atoms with Gasteiger partial charge in [-0.2, -0.15) is 0 Å². The summed E-state index contributed by atoms with van der Waals surface area (Å²) in [5.74, 6) is 0.755. The Hall–Kier alpha value is -0.300. The van der Waals surface area contributed by atoms with Crippen LogP contribution in [0.25, 0.3) is 0 Å². The third-order valence-corrected chi connectivity index (χ3v) is 5.28.